The van der Waals surface area contributed by atoms with Crippen LogP contribution < -0.4 is 53.9 Å². The normalized spacial score (nSPS) is 15.4. The molecule has 4 unspecified atom stereocenters. The van der Waals surface area contributed by atoms with Crippen molar-refractivity contribution in [1.29, 1.82) is 0 Å². The number of phenolic OH excluding ortho intramolecular Hbond substituents is 4. The number of nitrogen functional groups attached to an aromatic ring is 1. The molecule has 16 rings (SSSR count). The van der Waals surface area contributed by atoms with Crippen molar-refractivity contribution in [2.24, 2.45) is 37.9 Å². The molecular weight excluding hydrogens is 1870 g/mol. The number of rotatable bonds is 25. The molecule has 4 amide bonds. The van der Waals surface area contributed by atoms with E-state index in [-0.39, 0.29) is 143 Å². The summed E-state index contributed by atoms with van der Waals surface area (Å²) in [6, 6.07) is 35.2. The van der Waals surface area contributed by atoms with Gasteiger partial charge in [-0.2, -0.15) is 0 Å². The Hall–Kier alpha value is -15.8. The Bertz CT molecular complexity index is 6470. The number of carbonyl (C=O) groups excluding carboxylic acids is 5. The van der Waals surface area contributed by atoms with Gasteiger partial charge in [-0.25, -0.2) is 4.79 Å². The monoisotopic (exact) mass is 1990 g/mol. The quantitative estimate of drug-likeness (QED) is 0.00291. The van der Waals surface area contributed by atoms with E-state index in [1.807, 2.05) is 104 Å². The fraction of sp³-hybridized carbons (Fsp3) is 0.388. The van der Waals surface area contributed by atoms with E-state index >= 15 is 0 Å². The minimum absolute atomic E-state index is 0.0170. The van der Waals surface area contributed by atoms with Gasteiger partial charge in [-0.15, -0.1) is 0 Å². The van der Waals surface area contributed by atoms with Gasteiger partial charge in [-0.1, -0.05) is 63.1 Å². The SMILES string of the molecule is CC1(C=O)COC1.CCOc1c(Nc2cccc(C(=O)N(C)C)c2O)c(=O)c1=O.CN(C)C(=O)c1cccc(N)c1O.CN(C)C(=O)c1cccc([N+](=O)[O-])c1O.Cc1ccc(C(N)C2(C)COC2)o1.Cc1ccc(C(N=[N+]=[N-])C2(C)COC2)o1.Cc1ccc(C(Nc2c(Nc3cccc(C(=O)N(C)C)c3O)c(=O)c2=O)C2(C)COC2)o1.Cc1ccc(C(O)C2(C)COC2)o1.O=C(O)c1cccc([N+](=O)[O-])c1O. The Morgan fingerprint density at radius 2 is 0.825 bits per heavy atom. The average molecular weight is 1990 g/mol. The Balaban J connectivity index is 0.000000202. The van der Waals surface area contributed by atoms with Gasteiger partial charge in [-0.05, 0) is 144 Å². The number of carboxylic acid groups (broad SMARTS) is 1. The number of aromatic hydroxyl groups is 5. The third-order valence-corrected chi connectivity index (χ3v) is 22.9. The van der Waals surface area contributed by atoms with E-state index in [0.717, 1.165) is 72.3 Å². The highest BCUT2D eigenvalue weighted by Crippen LogP contribution is 2.47. The van der Waals surface area contributed by atoms with E-state index in [9.17, 15) is 93.7 Å². The van der Waals surface area contributed by atoms with E-state index < -0.39 is 84.0 Å². The van der Waals surface area contributed by atoms with Crippen LogP contribution in [-0.2, 0) is 28.5 Å². The average Bonchev–Trinajstić information content (AvgIpc) is 1.72. The molecule has 0 radical (unpaired) electrons. The predicted octanol–water partition coefficient (Wildman–Crippen LogP) is 12.5. The lowest BCUT2D eigenvalue weighted by Gasteiger charge is -2.44. The van der Waals surface area contributed by atoms with Crippen LogP contribution in [0.15, 0.2) is 181 Å². The van der Waals surface area contributed by atoms with Gasteiger partial charge < -0.3 is 134 Å². The molecule has 0 bridgehead atoms. The number of azide groups is 1. The Morgan fingerprint density at radius 3 is 1.17 bits per heavy atom. The number of aryl methyl sites for hydroxylation is 4. The Labute approximate surface area is 819 Å². The lowest BCUT2D eigenvalue weighted by atomic mass is 9.79. The predicted molar refractivity (Wildman–Crippen MR) is 522 cm³/mol. The molecule has 0 spiro atoms. The van der Waals surface area contributed by atoms with Crippen LogP contribution in [-0.4, -0.2) is 230 Å². The number of carboxylic acids is 1. The molecule has 45 heteroatoms. The van der Waals surface area contributed by atoms with Gasteiger partial charge in [0, 0.05) is 95.1 Å². The van der Waals surface area contributed by atoms with Gasteiger partial charge in [0.15, 0.2) is 23.0 Å². The number of hydrogen-bond acceptors (Lipinski definition) is 36. The summed E-state index contributed by atoms with van der Waals surface area (Å²) >= 11 is 0. The highest BCUT2D eigenvalue weighted by molar-refractivity contribution is 6.01. The van der Waals surface area contributed by atoms with Crippen LogP contribution in [0.3, 0.4) is 0 Å². The largest absolute Gasteiger partial charge is 0.505 e. The smallest absolute Gasteiger partial charge is 0.339 e. The van der Waals surface area contributed by atoms with Gasteiger partial charge in [0.05, 0.1) is 139 Å². The molecule has 0 aliphatic carbocycles. The summed E-state index contributed by atoms with van der Waals surface area (Å²) in [5, 5.41) is 100. The van der Waals surface area contributed by atoms with Crippen molar-refractivity contribution in [2.45, 2.75) is 93.5 Å². The maximum atomic E-state index is 12.4. The number of aliphatic hydroxyl groups is 1. The van der Waals surface area contributed by atoms with E-state index in [0.29, 0.717) is 64.4 Å². The highest BCUT2D eigenvalue weighted by atomic mass is 16.6. The number of phenols is 5. The molecule has 143 heavy (non-hydrogen) atoms. The lowest BCUT2D eigenvalue weighted by molar-refractivity contribution is -0.386. The Morgan fingerprint density at radius 1 is 0.476 bits per heavy atom. The fourth-order valence-corrected chi connectivity index (χ4v) is 14.0. The van der Waals surface area contributed by atoms with E-state index in [2.05, 4.69) is 32.9 Å². The number of aldehydes is 1. The number of nitrogens with zero attached hydrogens (tertiary/aromatic N) is 9. The van der Waals surface area contributed by atoms with Crippen LogP contribution in [0.1, 0.15) is 164 Å². The van der Waals surface area contributed by atoms with Crippen LogP contribution in [0.25, 0.3) is 10.4 Å². The number of aliphatic hydroxyl groups excluding tert-OH is 1. The van der Waals surface area contributed by atoms with Crippen LogP contribution in [0.2, 0.25) is 0 Å². The number of para-hydroxylation sites is 5. The number of carbonyl (C=O) groups is 6. The number of nitro benzene ring substituents is 2. The molecule has 0 saturated carbocycles. The minimum atomic E-state index is -1.40. The second kappa shape index (κ2) is 48.4. The number of hydrogen-bond donors (Lipinski definition) is 12. The topological polar surface area (TPSA) is 656 Å². The number of benzene rings is 5. The summed E-state index contributed by atoms with van der Waals surface area (Å²) in [6.45, 7) is 25.5. The van der Waals surface area contributed by atoms with Crippen molar-refractivity contribution in [3.63, 3.8) is 0 Å². The Kier molecular flexibility index (Phi) is 38.1. The standard InChI is InChI=1S/C23H25N3O6.C15H16N2O5.C10H13N3O2.C10H15NO2.C10H14O3.C9H10N2O4.C9H12N2O2.C7H5NO5.C5H8O2/c1-12-8-9-15(32-12)21(23(2)10-31-11-23)25-17-16(19(28)20(17)29)24-14-7-5-6-13(18(14)27)22(30)26(3)4;1-4-22-14-10(12(19)13(14)20)16-9-7-5-6-8(11(9)18)15(21)17(2)3;1-7-3-4-8(15-7)9(12-13-11)10(2)5-14-6-10;2*1-7-3-4-8(13-7)9(11)10(2)5-12-6-10;1-10(2)9(13)6-4-3-5-7(8(6)12)11(14)15;1-11(2)9(13)6-4-3-5-7(10)8(6)12;9-6-4(7(10)11)2-1-3-5(6)8(12)13;1-5(2-6)3-7-4-5/h5-9,21,24-25,27H,10-11H2,1-4H3;5-7,16,18H,4H2,1-3H3;3-4,9H,5-6H2,1-2H3;3-4,9H,5-6,11H2,1-2H3;3-4,9,11H,5-6H2,1-2H3;3-5,12H,1-2H3;3-5,12H,10H2,1-2H3;1-3,9H,(H,10,11);2H,3-4H2,1H3. The summed E-state index contributed by atoms with van der Waals surface area (Å²) in [5.74, 6) is 1.03. The first kappa shape index (κ1) is 113. The molecule has 5 aliphatic heterocycles. The zero-order valence-electron chi connectivity index (χ0n) is 82.1. The van der Waals surface area contributed by atoms with Crippen LogP contribution in [0, 0.1) is 75.0 Å². The highest BCUT2D eigenvalue weighted by Gasteiger charge is 2.48. The minimum Gasteiger partial charge on any atom is -0.505 e. The number of ether oxygens (including phenoxy) is 6. The molecule has 4 aromatic heterocycles. The number of furan rings is 4. The van der Waals surface area contributed by atoms with Gasteiger partial charge in [-0.3, -0.25) is 58.6 Å². The summed E-state index contributed by atoms with van der Waals surface area (Å²) in [7, 11) is 12.5. The molecule has 14 N–H and O–H groups in total. The van der Waals surface area contributed by atoms with Crippen molar-refractivity contribution in [2.75, 3.05) is 151 Å². The van der Waals surface area contributed by atoms with E-state index in [4.69, 9.17) is 73.3 Å². The van der Waals surface area contributed by atoms with Crippen molar-refractivity contribution >= 4 is 81.4 Å². The van der Waals surface area contributed by atoms with Gasteiger partial charge in [0.2, 0.25) is 11.5 Å². The van der Waals surface area contributed by atoms with Gasteiger partial charge in [0.25, 0.3) is 45.3 Å². The zero-order valence-corrected chi connectivity index (χ0v) is 82.1. The maximum Gasteiger partial charge on any atom is 0.339 e. The molecule has 5 fully saturated rings. The van der Waals surface area contributed by atoms with Crippen LogP contribution in [0.5, 0.6) is 34.5 Å². The number of nitrogens with one attached hydrogen (secondary N) is 3. The van der Waals surface area contributed by atoms with E-state index in [1.165, 1.54) is 82.2 Å². The van der Waals surface area contributed by atoms with Crippen molar-refractivity contribution in [1.82, 2.24) is 19.6 Å². The molecule has 7 aromatic carbocycles. The molecule has 9 heterocycles. The van der Waals surface area contributed by atoms with Crippen molar-refractivity contribution in [3.05, 3.63) is 285 Å². The molecule has 4 atom stereocenters. The lowest BCUT2D eigenvalue weighted by Crippen LogP contribution is -2.49. The zero-order chi connectivity index (χ0) is 106. The van der Waals surface area contributed by atoms with Crippen molar-refractivity contribution in [3.8, 4) is 34.5 Å². The number of aromatic carboxylic acids is 1. The second-order valence-corrected chi connectivity index (χ2v) is 36.3. The second-order valence-electron chi connectivity index (χ2n) is 36.3. The fourth-order valence-electron chi connectivity index (χ4n) is 14.0. The third-order valence-electron chi connectivity index (χ3n) is 22.9. The van der Waals surface area contributed by atoms with E-state index in [1.54, 1.807) is 73.5 Å². The van der Waals surface area contributed by atoms with Crippen molar-refractivity contribution < 1.29 is 120 Å². The number of anilines is 6. The van der Waals surface area contributed by atoms with Gasteiger partial charge in [0.1, 0.15) is 87.1 Å². The molecular formula is C98H118N14O31. The summed E-state index contributed by atoms with van der Waals surface area (Å²) in [5.41, 5.74) is 16.0. The summed E-state index contributed by atoms with van der Waals surface area (Å²) < 4.78 is 52.8. The van der Waals surface area contributed by atoms with Crippen LogP contribution in [0.4, 0.5) is 45.5 Å². The number of amides is 4. The summed E-state index contributed by atoms with van der Waals surface area (Å²) in [6.07, 6.45) is 0.409. The van der Waals surface area contributed by atoms with Crippen LogP contribution >= 0.6 is 0 Å². The molecule has 5 aliphatic rings. The molecule has 45 nitrogen and oxygen atoms in total. The number of nitro groups is 2. The maximum absolute atomic E-state index is 12.4. The first-order valence-corrected chi connectivity index (χ1v) is 44.1. The molecule has 11 aromatic rings. The summed E-state index contributed by atoms with van der Waals surface area (Å²) in [4.78, 5) is 143. The van der Waals surface area contributed by atoms with Gasteiger partial charge >= 0.3 is 17.3 Å². The first-order valence-electron chi connectivity index (χ1n) is 44.1. The first-order chi connectivity index (χ1) is 67.2. The molecule has 766 valence electrons. The molecule has 5 saturated heterocycles. The third kappa shape index (κ3) is 27.3. The number of nitrogens with two attached hydrogens (primary N) is 2.